The van der Waals surface area contributed by atoms with Gasteiger partial charge >= 0.3 is 0 Å². The molecule has 1 aromatic rings. The molecule has 1 aromatic carbocycles. The minimum absolute atomic E-state index is 0.0687. The number of ether oxygens (including phenoxy) is 1. The maximum Gasteiger partial charge on any atom is 0.293 e. The lowest BCUT2D eigenvalue weighted by Gasteiger charge is -2.38. The van der Waals surface area contributed by atoms with E-state index in [0.717, 1.165) is 6.07 Å². The molecule has 0 spiro atoms. The van der Waals surface area contributed by atoms with Gasteiger partial charge in [-0.1, -0.05) is 0 Å². The molecule has 0 unspecified atom stereocenters. The van der Waals surface area contributed by atoms with Crippen LogP contribution in [-0.2, 0) is 19.6 Å². The molecule has 12 heteroatoms. The molecule has 2 N–H and O–H groups in total. The molecule has 1 saturated heterocycles. The number of hydrogen-bond donors (Lipinski definition) is 1. The average Bonchev–Trinajstić information content (AvgIpc) is 2.59. The van der Waals surface area contributed by atoms with Crippen molar-refractivity contribution in [3.63, 3.8) is 0 Å². The molecule has 0 aliphatic carbocycles. The summed E-state index contributed by atoms with van der Waals surface area (Å²) in [5.41, 5.74) is -0.247. The molecule has 1 aliphatic rings. The van der Waals surface area contributed by atoms with Gasteiger partial charge in [-0.25, -0.2) is 13.6 Å². The standard InChI is InChI=1S/C15H23N5O6S/c1-17(2)9-14(21)19-6-7-26-15(10-19)18(3)12-5-4-11(27(16,24)25)8-13(12)20(22)23/h4-5,8,15H,6-7,9-10H2,1-3H3,(H2,16,24,25)/t15-/m0/s1. The van der Waals surface area contributed by atoms with Crippen LogP contribution in [0, 0.1) is 10.1 Å². The van der Waals surface area contributed by atoms with Crippen LogP contribution in [0.1, 0.15) is 0 Å². The van der Waals surface area contributed by atoms with Gasteiger partial charge in [-0.05, 0) is 26.2 Å². The van der Waals surface area contributed by atoms with Crippen molar-refractivity contribution in [2.75, 3.05) is 52.3 Å². The lowest BCUT2D eigenvalue weighted by atomic mass is 10.2. The van der Waals surface area contributed by atoms with Crippen LogP contribution < -0.4 is 10.0 Å². The molecule has 0 aromatic heterocycles. The van der Waals surface area contributed by atoms with Crippen LogP contribution >= 0.6 is 0 Å². The van der Waals surface area contributed by atoms with E-state index < -0.39 is 26.9 Å². The molecule has 2 rings (SSSR count). The normalized spacial score (nSPS) is 17.8. The minimum atomic E-state index is -4.07. The van der Waals surface area contributed by atoms with E-state index in [0.29, 0.717) is 6.54 Å². The highest BCUT2D eigenvalue weighted by Crippen LogP contribution is 2.31. The van der Waals surface area contributed by atoms with E-state index >= 15 is 0 Å². The Balaban J connectivity index is 2.27. The predicted octanol–water partition coefficient (Wildman–Crippen LogP) is -0.575. The number of carbonyl (C=O) groups is 1. The van der Waals surface area contributed by atoms with Crippen molar-refractivity contribution >= 4 is 27.3 Å². The number of benzene rings is 1. The number of amides is 1. The van der Waals surface area contributed by atoms with Crippen LogP contribution in [0.15, 0.2) is 23.1 Å². The van der Waals surface area contributed by atoms with E-state index in [1.54, 1.807) is 30.9 Å². The number of carbonyl (C=O) groups excluding carboxylic acids is 1. The molecule has 27 heavy (non-hydrogen) atoms. The Hall–Kier alpha value is -2.28. The molecule has 0 saturated carbocycles. The first-order valence-electron chi connectivity index (χ1n) is 8.09. The smallest absolute Gasteiger partial charge is 0.293 e. The summed E-state index contributed by atoms with van der Waals surface area (Å²) in [6.07, 6.45) is -0.608. The largest absolute Gasteiger partial charge is 0.355 e. The Morgan fingerprint density at radius 2 is 2.07 bits per heavy atom. The number of hydrogen-bond acceptors (Lipinski definition) is 8. The molecule has 11 nitrogen and oxygen atoms in total. The number of likely N-dealkylation sites (N-methyl/N-ethyl adjacent to an activating group) is 2. The van der Waals surface area contributed by atoms with Crippen LogP contribution in [0.4, 0.5) is 11.4 Å². The zero-order valence-electron chi connectivity index (χ0n) is 15.4. The zero-order valence-corrected chi connectivity index (χ0v) is 16.2. The van der Waals surface area contributed by atoms with Gasteiger partial charge in [0.1, 0.15) is 11.9 Å². The van der Waals surface area contributed by atoms with Gasteiger partial charge in [0.25, 0.3) is 5.69 Å². The monoisotopic (exact) mass is 401 g/mol. The lowest BCUT2D eigenvalue weighted by molar-refractivity contribution is -0.384. The van der Waals surface area contributed by atoms with Crippen molar-refractivity contribution in [3.8, 4) is 0 Å². The molecule has 1 aliphatic heterocycles. The Bertz CT molecular complexity index is 828. The number of nitro groups is 1. The third kappa shape index (κ3) is 5.13. The van der Waals surface area contributed by atoms with Gasteiger partial charge in [-0.2, -0.15) is 0 Å². The molecular weight excluding hydrogens is 378 g/mol. The van der Waals surface area contributed by atoms with Gasteiger partial charge in [0, 0.05) is 19.7 Å². The number of anilines is 1. The second-order valence-electron chi connectivity index (χ2n) is 6.47. The van der Waals surface area contributed by atoms with Crippen LogP contribution in [-0.4, -0.2) is 82.7 Å². The van der Waals surface area contributed by atoms with Gasteiger partial charge in [0.05, 0.1) is 29.5 Å². The summed E-state index contributed by atoms with van der Waals surface area (Å²) in [5, 5.41) is 16.5. The van der Waals surface area contributed by atoms with Crippen LogP contribution in [0.3, 0.4) is 0 Å². The second-order valence-corrected chi connectivity index (χ2v) is 8.03. The first kappa shape index (κ1) is 21.0. The number of morpholine rings is 1. The summed E-state index contributed by atoms with van der Waals surface area (Å²) in [6.45, 7) is 1.21. The number of nitrogens with zero attached hydrogens (tertiary/aromatic N) is 4. The summed E-state index contributed by atoms with van der Waals surface area (Å²) >= 11 is 0. The molecule has 1 fully saturated rings. The molecule has 150 valence electrons. The Labute approximate surface area is 157 Å². The first-order chi connectivity index (χ1) is 12.5. The van der Waals surface area contributed by atoms with E-state index in [1.165, 1.54) is 17.0 Å². The molecule has 1 atom stereocenters. The van der Waals surface area contributed by atoms with Crippen LogP contribution in [0.5, 0.6) is 0 Å². The highest BCUT2D eigenvalue weighted by molar-refractivity contribution is 7.89. The summed E-state index contributed by atoms with van der Waals surface area (Å²) in [7, 11) is 1.10. The summed E-state index contributed by atoms with van der Waals surface area (Å²) in [4.78, 5) is 27.6. The van der Waals surface area contributed by atoms with Crippen LogP contribution in [0.2, 0.25) is 0 Å². The number of rotatable bonds is 6. The topological polar surface area (TPSA) is 139 Å². The fraction of sp³-hybridized carbons (Fsp3) is 0.533. The van der Waals surface area contributed by atoms with Crippen molar-refractivity contribution in [1.82, 2.24) is 9.80 Å². The van der Waals surface area contributed by atoms with Gasteiger partial charge in [-0.15, -0.1) is 0 Å². The lowest BCUT2D eigenvalue weighted by Crippen LogP contribution is -2.53. The maximum absolute atomic E-state index is 12.3. The summed E-state index contributed by atoms with van der Waals surface area (Å²) < 4.78 is 28.6. The highest BCUT2D eigenvalue weighted by atomic mass is 32.2. The molecule has 0 bridgehead atoms. The number of primary sulfonamides is 1. The fourth-order valence-corrected chi connectivity index (χ4v) is 3.28. The number of sulfonamides is 1. The van der Waals surface area contributed by atoms with Crippen molar-refractivity contribution < 1.29 is 22.9 Å². The van der Waals surface area contributed by atoms with E-state index in [4.69, 9.17) is 9.88 Å². The fourth-order valence-electron chi connectivity index (χ4n) is 2.74. The Morgan fingerprint density at radius 3 is 2.63 bits per heavy atom. The van der Waals surface area contributed by atoms with Gasteiger partial charge in [0.2, 0.25) is 15.9 Å². The van der Waals surface area contributed by atoms with Gasteiger partial charge < -0.3 is 19.4 Å². The number of nitrogens with two attached hydrogens (primary N) is 1. The SMILES string of the molecule is CN(C)CC(=O)N1CCO[C@H](N(C)c2ccc(S(N)(=O)=O)cc2[N+](=O)[O-])C1. The molecule has 0 radical (unpaired) electrons. The van der Waals surface area contributed by atoms with Crippen molar-refractivity contribution in [1.29, 1.82) is 0 Å². The van der Waals surface area contributed by atoms with E-state index in [2.05, 4.69) is 0 Å². The van der Waals surface area contributed by atoms with E-state index in [9.17, 15) is 23.3 Å². The third-order valence-corrected chi connectivity index (χ3v) is 5.05. The molecule has 1 heterocycles. The summed E-state index contributed by atoms with van der Waals surface area (Å²) in [5.74, 6) is -0.0687. The Morgan fingerprint density at radius 1 is 1.41 bits per heavy atom. The molecule has 1 amide bonds. The third-order valence-electron chi connectivity index (χ3n) is 4.14. The zero-order chi connectivity index (χ0) is 20.4. The molecular formula is C15H23N5O6S. The number of nitro benzene ring substituents is 1. The first-order valence-corrected chi connectivity index (χ1v) is 9.63. The quantitative estimate of drug-likeness (QED) is 0.493. The van der Waals surface area contributed by atoms with Crippen molar-refractivity contribution in [2.45, 2.75) is 11.1 Å². The van der Waals surface area contributed by atoms with Gasteiger partial charge in [-0.3, -0.25) is 14.9 Å². The van der Waals surface area contributed by atoms with Crippen molar-refractivity contribution in [2.24, 2.45) is 5.14 Å². The minimum Gasteiger partial charge on any atom is -0.355 e. The van der Waals surface area contributed by atoms with Crippen LogP contribution in [0.25, 0.3) is 0 Å². The van der Waals surface area contributed by atoms with Crippen molar-refractivity contribution in [3.05, 3.63) is 28.3 Å². The summed E-state index contributed by atoms with van der Waals surface area (Å²) in [6, 6.07) is 3.42. The second kappa shape index (κ2) is 8.17. The van der Waals surface area contributed by atoms with E-state index in [1.807, 2.05) is 0 Å². The van der Waals surface area contributed by atoms with E-state index in [-0.39, 0.29) is 36.2 Å². The average molecular weight is 401 g/mol. The predicted molar refractivity (Wildman–Crippen MR) is 97.7 cm³/mol. The van der Waals surface area contributed by atoms with Gasteiger partial charge in [0.15, 0.2) is 0 Å². The highest BCUT2D eigenvalue weighted by Gasteiger charge is 2.30. The Kier molecular flexibility index (Phi) is 6.36. The maximum atomic E-state index is 12.3.